The van der Waals surface area contributed by atoms with Crippen molar-refractivity contribution in [3.63, 3.8) is 0 Å². The van der Waals surface area contributed by atoms with E-state index in [1.54, 1.807) is 0 Å². The predicted molar refractivity (Wildman–Crippen MR) is 157 cm³/mol. The van der Waals surface area contributed by atoms with Crippen LogP contribution in [0.3, 0.4) is 0 Å². The first-order valence-electron chi connectivity index (χ1n) is 15.2. The molecule has 4 aliphatic heterocycles. The Kier molecular flexibility index (Phi) is 8.71. The van der Waals surface area contributed by atoms with Crippen LogP contribution in [0.15, 0.2) is 30.9 Å². The minimum Gasteiger partial charge on any atom is -0.370 e. The maximum atomic E-state index is 12.5. The van der Waals surface area contributed by atoms with Gasteiger partial charge in [-0.2, -0.15) is 5.26 Å². The Hall–Kier alpha value is -2.03. The number of amides is 1. The molecule has 6 unspecified atom stereocenters. The van der Waals surface area contributed by atoms with Crippen molar-refractivity contribution in [3.05, 3.63) is 47.0 Å². The molecule has 4 heterocycles. The summed E-state index contributed by atoms with van der Waals surface area (Å²) in [5.74, 6) is 0.242. The van der Waals surface area contributed by atoms with Crippen molar-refractivity contribution >= 4 is 17.5 Å². The van der Waals surface area contributed by atoms with Crippen LogP contribution in [0, 0.1) is 17.2 Å². The lowest BCUT2D eigenvalue weighted by Gasteiger charge is -2.56. The smallest absolute Gasteiger partial charge is 0.246 e. The van der Waals surface area contributed by atoms with Gasteiger partial charge in [-0.25, -0.2) is 0 Å². The van der Waals surface area contributed by atoms with Crippen molar-refractivity contribution in [1.29, 1.82) is 5.26 Å². The minimum atomic E-state index is -0.285. The van der Waals surface area contributed by atoms with E-state index in [1.807, 2.05) is 17.0 Å². The fourth-order valence-corrected chi connectivity index (χ4v) is 8.15. The van der Waals surface area contributed by atoms with Crippen molar-refractivity contribution < 1.29 is 14.3 Å². The van der Waals surface area contributed by atoms with E-state index in [0.717, 1.165) is 50.2 Å². The van der Waals surface area contributed by atoms with Crippen molar-refractivity contribution in [2.24, 2.45) is 5.92 Å². The fourth-order valence-electron chi connectivity index (χ4n) is 7.89. The van der Waals surface area contributed by atoms with Gasteiger partial charge in [0.1, 0.15) is 0 Å². The zero-order valence-corrected chi connectivity index (χ0v) is 24.8. The molecule has 1 aliphatic carbocycles. The van der Waals surface area contributed by atoms with Crippen LogP contribution >= 0.6 is 11.6 Å². The van der Waals surface area contributed by atoms with Gasteiger partial charge in [0.15, 0.2) is 6.35 Å². The molecule has 1 amide bonds. The molecule has 0 bridgehead atoms. The third kappa shape index (κ3) is 5.94. The molecule has 3 saturated heterocycles. The number of rotatable bonds is 6. The Morgan fingerprint density at radius 1 is 1.29 bits per heavy atom. The van der Waals surface area contributed by atoms with Crippen LogP contribution in [-0.4, -0.2) is 96.7 Å². The number of fused-ring (bicyclic) bond motifs is 2. The number of hydrogen-bond acceptors (Lipinski definition) is 8. The molecule has 6 rings (SSSR count). The second-order valence-corrected chi connectivity index (χ2v) is 13.0. The number of nitrogens with zero attached hydrogens (tertiary/aromatic N) is 4. The number of carbonyl (C=O) groups excluding carboxylic acids is 1. The summed E-state index contributed by atoms with van der Waals surface area (Å²) in [6.07, 6.45) is 7.51. The van der Waals surface area contributed by atoms with E-state index in [2.05, 4.69) is 46.2 Å². The zero-order chi connectivity index (χ0) is 28.6. The Balaban J connectivity index is 1.21. The first kappa shape index (κ1) is 29.1. The highest BCUT2D eigenvalue weighted by atomic mass is 35.5. The van der Waals surface area contributed by atoms with E-state index in [1.165, 1.54) is 23.6 Å². The van der Waals surface area contributed by atoms with Gasteiger partial charge in [-0.05, 0) is 69.0 Å². The average Bonchev–Trinajstić information content (AvgIpc) is 3.40. The molecule has 1 aromatic rings. The van der Waals surface area contributed by atoms with Crippen molar-refractivity contribution in [2.75, 3.05) is 39.8 Å². The highest BCUT2D eigenvalue weighted by Crippen LogP contribution is 2.45. The van der Waals surface area contributed by atoms with Crippen LogP contribution in [0.5, 0.6) is 0 Å². The van der Waals surface area contributed by atoms with Gasteiger partial charge in [-0.3, -0.25) is 20.3 Å². The average molecular weight is 583 g/mol. The molecule has 1 aromatic carbocycles. The third-order valence-electron chi connectivity index (χ3n) is 10.2. The summed E-state index contributed by atoms with van der Waals surface area (Å²) >= 11 is 6.66. The molecule has 41 heavy (non-hydrogen) atoms. The van der Waals surface area contributed by atoms with Crippen molar-refractivity contribution in [2.45, 2.75) is 87.8 Å². The van der Waals surface area contributed by atoms with E-state index in [9.17, 15) is 10.1 Å². The van der Waals surface area contributed by atoms with Gasteiger partial charge in [0, 0.05) is 49.1 Å². The summed E-state index contributed by atoms with van der Waals surface area (Å²) < 4.78 is 13.2. The molecule has 7 atom stereocenters. The molecular weight excluding hydrogens is 540 g/mol. The number of halogens is 1. The monoisotopic (exact) mass is 582 g/mol. The lowest BCUT2D eigenvalue weighted by molar-refractivity contribution is -0.153. The lowest BCUT2D eigenvalue weighted by Crippen LogP contribution is -2.73. The first-order chi connectivity index (χ1) is 19.9. The van der Waals surface area contributed by atoms with Crippen LogP contribution in [0.1, 0.15) is 49.7 Å². The summed E-state index contributed by atoms with van der Waals surface area (Å²) in [6.45, 7) is 8.04. The number of benzene rings is 1. The highest BCUT2D eigenvalue weighted by Gasteiger charge is 2.51. The molecule has 2 N–H and O–H groups in total. The van der Waals surface area contributed by atoms with E-state index in [4.69, 9.17) is 21.1 Å². The molecule has 0 aromatic heterocycles. The molecule has 222 valence electrons. The number of likely N-dealkylation sites (tertiary alicyclic amines) is 1. The van der Waals surface area contributed by atoms with E-state index < -0.39 is 0 Å². The van der Waals surface area contributed by atoms with Crippen LogP contribution < -0.4 is 10.6 Å². The minimum absolute atomic E-state index is 0.0755. The third-order valence-corrected chi connectivity index (χ3v) is 10.6. The topological polar surface area (TPSA) is 93.1 Å². The Morgan fingerprint density at radius 3 is 2.95 bits per heavy atom. The molecule has 9 nitrogen and oxygen atoms in total. The summed E-state index contributed by atoms with van der Waals surface area (Å²) in [7, 11) is 2.18. The number of likely N-dealkylation sites (N-methyl/N-ethyl adjacent to an activating group) is 1. The van der Waals surface area contributed by atoms with E-state index in [-0.39, 0.29) is 36.1 Å². The number of hydrogen-bond donors (Lipinski definition) is 2. The normalized spacial score (nSPS) is 36.0. The number of ether oxygens (including phenoxy) is 2. The van der Waals surface area contributed by atoms with Crippen molar-refractivity contribution in [3.8, 4) is 6.07 Å². The molecular formula is C31H43ClN6O3. The molecule has 4 fully saturated rings. The molecule has 1 saturated carbocycles. The highest BCUT2D eigenvalue weighted by molar-refractivity contribution is 6.31. The second kappa shape index (κ2) is 12.3. The summed E-state index contributed by atoms with van der Waals surface area (Å²) in [5.41, 5.74) is 2.17. The maximum Gasteiger partial charge on any atom is 0.246 e. The fraction of sp³-hybridized carbons (Fsp3) is 0.677. The van der Waals surface area contributed by atoms with Crippen molar-refractivity contribution in [1.82, 2.24) is 25.3 Å². The van der Waals surface area contributed by atoms with E-state index in [0.29, 0.717) is 44.7 Å². The maximum absolute atomic E-state index is 12.5. The number of nitriles is 1. The predicted octanol–water partition coefficient (Wildman–Crippen LogP) is 2.85. The summed E-state index contributed by atoms with van der Waals surface area (Å²) in [4.78, 5) is 19.2. The first-order valence-corrected chi connectivity index (χ1v) is 15.6. The number of nitrogens with one attached hydrogen (secondary N) is 2. The molecule has 0 radical (unpaired) electrons. The van der Waals surface area contributed by atoms with Gasteiger partial charge < -0.3 is 19.3 Å². The molecule has 5 aliphatic rings. The summed E-state index contributed by atoms with van der Waals surface area (Å²) in [5, 5.41) is 18.0. The second-order valence-electron chi connectivity index (χ2n) is 12.6. The van der Waals surface area contributed by atoms with Gasteiger partial charge in [0.2, 0.25) is 5.91 Å². The Labute approximate surface area is 248 Å². The number of piperazine rings is 1. The van der Waals surface area contributed by atoms with Crippen LogP contribution in [-0.2, 0) is 27.3 Å². The standard InChI is InChI=1S/C31H43ClN6O3/c1-3-28(39)38-15-14-37(18-22(38)10-12-33)29-24-9-11-31(16-25-21(19-41-31)6-4-8-26(25)32)17-27(24)34-30(35-29)40-20-23-7-5-13-36(23)2/h3-4,6,8,22-24,27,29-30,34-35H,1,5,7,9-11,13-20H2,2H3/t22?,23?,24?,27?,29?,30?,31-/m0/s1. The number of carbonyl (C=O) groups is 1. The largest absolute Gasteiger partial charge is 0.370 e. The van der Waals surface area contributed by atoms with Gasteiger partial charge in [-0.1, -0.05) is 30.3 Å². The van der Waals surface area contributed by atoms with Gasteiger partial charge in [0.25, 0.3) is 0 Å². The Bertz CT molecular complexity index is 1180. The molecule has 10 heteroatoms. The van der Waals surface area contributed by atoms with E-state index >= 15 is 0 Å². The molecule has 1 spiro atoms. The lowest BCUT2D eigenvalue weighted by atomic mass is 9.69. The van der Waals surface area contributed by atoms with Crippen LogP contribution in [0.4, 0.5) is 0 Å². The Morgan fingerprint density at radius 2 is 2.17 bits per heavy atom. The SMILES string of the molecule is C=CC(=O)N1CCN(C2NC(OCC3CCCN3C)NC3C[C@]4(CCC32)Cc2c(Cl)cccc2CO4)CC1CC#N. The zero-order valence-electron chi connectivity index (χ0n) is 24.1. The summed E-state index contributed by atoms with van der Waals surface area (Å²) in [6, 6.07) is 8.89. The van der Waals surface area contributed by atoms with Gasteiger partial charge in [0.05, 0.1) is 43.5 Å². The van der Waals surface area contributed by atoms with Crippen LogP contribution in [0.25, 0.3) is 0 Å². The quantitative estimate of drug-likeness (QED) is 0.495. The van der Waals surface area contributed by atoms with Crippen LogP contribution in [0.2, 0.25) is 5.02 Å². The van der Waals surface area contributed by atoms with Gasteiger partial charge in [-0.15, -0.1) is 0 Å². The van der Waals surface area contributed by atoms with Gasteiger partial charge >= 0.3 is 0 Å².